The Hall–Kier alpha value is -0.570. The Labute approximate surface area is 92.2 Å². The minimum absolute atomic E-state index is 0.287. The van der Waals surface area contributed by atoms with Gasteiger partial charge in [0.1, 0.15) is 0 Å². The summed E-state index contributed by atoms with van der Waals surface area (Å²) in [5.41, 5.74) is 0.384. The predicted octanol–water partition coefficient (Wildman–Crippen LogP) is 1.73. The van der Waals surface area contributed by atoms with Gasteiger partial charge in [0.05, 0.1) is 12.7 Å². The normalized spacial score (nSPS) is 30.1. The van der Waals surface area contributed by atoms with Gasteiger partial charge in [-0.25, -0.2) is 0 Å². The quantitative estimate of drug-likeness (QED) is 0.769. The molecular weight excluding hydrogens is 188 g/mol. The summed E-state index contributed by atoms with van der Waals surface area (Å²) < 4.78 is 0. The van der Waals surface area contributed by atoms with Crippen molar-refractivity contribution < 1.29 is 4.79 Å². The molecule has 1 aliphatic carbocycles. The maximum atomic E-state index is 11.7. The second-order valence-electron chi connectivity index (χ2n) is 5.34. The van der Waals surface area contributed by atoms with Gasteiger partial charge < -0.3 is 4.90 Å². The van der Waals surface area contributed by atoms with Crippen LogP contribution in [-0.2, 0) is 4.79 Å². The highest BCUT2D eigenvalue weighted by molar-refractivity contribution is 5.80. The third kappa shape index (κ3) is 2.17. The second-order valence-corrected chi connectivity index (χ2v) is 5.34. The Morgan fingerprint density at radius 2 is 2.13 bits per heavy atom. The fourth-order valence-corrected chi connectivity index (χ4v) is 2.95. The molecule has 2 fully saturated rings. The van der Waals surface area contributed by atoms with Crippen LogP contribution < -0.4 is 5.32 Å². The summed E-state index contributed by atoms with van der Waals surface area (Å²) in [5.74, 6) is 0.287. The van der Waals surface area contributed by atoms with Crippen LogP contribution in [0, 0.1) is 5.41 Å². The van der Waals surface area contributed by atoms with Gasteiger partial charge in [-0.05, 0) is 24.7 Å². The van der Waals surface area contributed by atoms with Gasteiger partial charge in [-0.15, -0.1) is 0 Å². The number of carbonyl (C=O) groups excluding carboxylic acids is 1. The van der Waals surface area contributed by atoms with E-state index < -0.39 is 0 Å². The molecule has 86 valence electrons. The molecule has 3 heteroatoms. The first-order valence-electron chi connectivity index (χ1n) is 6.17. The first kappa shape index (κ1) is 10.9. The first-order chi connectivity index (χ1) is 7.14. The van der Waals surface area contributed by atoms with Gasteiger partial charge in [-0.1, -0.05) is 26.7 Å². The summed E-state index contributed by atoms with van der Waals surface area (Å²) >= 11 is 0. The van der Waals surface area contributed by atoms with Crippen molar-refractivity contribution in [1.82, 2.24) is 10.2 Å². The van der Waals surface area contributed by atoms with Crippen LogP contribution in [0.2, 0.25) is 0 Å². The SMILES string of the molecule is CCC1NCC(=O)N1CC1(C)CCCC1. The minimum Gasteiger partial charge on any atom is -0.326 e. The van der Waals surface area contributed by atoms with Gasteiger partial charge in [0.15, 0.2) is 0 Å². The van der Waals surface area contributed by atoms with Crippen molar-refractivity contribution in [1.29, 1.82) is 0 Å². The number of rotatable bonds is 3. The van der Waals surface area contributed by atoms with Gasteiger partial charge in [-0.3, -0.25) is 10.1 Å². The molecule has 1 saturated carbocycles. The number of carbonyl (C=O) groups is 1. The Kier molecular flexibility index (Phi) is 3.01. The molecular formula is C12H22N2O. The van der Waals surface area contributed by atoms with Crippen molar-refractivity contribution in [3.63, 3.8) is 0 Å². The third-order valence-corrected chi connectivity index (χ3v) is 3.93. The van der Waals surface area contributed by atoms with Gasteiger partial charge in [0.2, 0.25) is 5.91 Å². The molecule has 0 bridgehead atoms. The summed E-state index contributed by atoms with van der Waals surface area (Å²) in [7, 11) is 0. The average Bonchev–Trinajstić information content (AvgIpc) is 2.76. The lowest BCUT2D eigenvalue weighted by atomic mass is 9.88. The maximum absolute atomic E-state index is 11.7. The molecule has 0 spiro atoms. The van der Waals surface area contributed by atoms with E-state index in [1.165, 1.54) is 25.7 Å². The highest BCUT2D eigenvalue weighted by Crippen LogP contribution is 2.38. The molecule has 1 atom stereocenters. The summed E-state index contributed by atoms with van der Waals surface area (Å²) in [6.45, 7) is 5.96. The van der Waals surface area contributed by atoms with Crippen molar-refractivity contribution in [3.05, 3.63) is 0 Å². The average molecular weight is 210 g/mol. The molecule has 0 aromatic carbocycles. The summed E-state index contributed by atoms with van der Waals surface area (Å²) in [4.78, 5) is 13.8. The lowest BCUT2D eigenvalue weighted by molar-refractivity contribution is -0.129. The van der Waals surface area contributed by atoms with Gasteiger partial charge >= 0.3 is 0 Å². The number of hydrogen-bond acceptors (Lipinski definition) is 2. The summed E-state index contributed by atoms with van der Waals surface area (Å²) in [6, 6.07) is 0. The Balaban J connectivity index is 2.00. The number of hydrogen-bond donors (Lipinski definition) is 1. The van der Waals surface area contributed by atoms with Gasteiger partial charge in [-0.2, -0.15) is 0 Å². The van der Waals surface area contributed by atoms with Crippen molar-refractivity contribution >= 4 is 5.91 Å². The van der Waals surface area contributed by atoms with Crippen LogP contribution in [0.4, 0.5) is 0 Å². The Morgan fingerprint density at radius 1 is 1.47 bits per heavy atom. The molecule has 2 rings (SSSR count). The molecule has 2 aliphatic rings. The summed E-state index contributed by atoms with van der Waals surface area (Å²) in [5, 5.41) is 3.27. The van der Waals surface area contributed by atoms with Crippen LogP contribution in [0.15, 0.2) is 0 Å². The molecule has 1 heterocycles. The van der Waals surface area contributed by atoms with Crippen molar-refractivity contribution in [3.8, 4) is 0 Å². The largest absolute Gasteiger partial charge is 0.326 e. The van der Waals surface area contributed by atoms with E-state index in [-0.39, 0.29) is 12.1 Å². The van der Waals surface area contributed by atoms with E-state index in [0.29, 0.717) is 12.0 Å². The standard InChI is InChI=1S/C12H22N2O/c1-3-10-13-8-11(15)14(10)9-12(2)6-4-5-7-12/h10,13H,3-9H2,1-2H3. The topological polar surface area (TPSA) is 32.3 Å². The van der Waals surface area contributed by atoms with Crippen LogP contribution in [-0.4, -0.2) is 30.1 Å². The molecule has 1 amide bonds. The van der Waals surface area contributed by atoms with Gasteiger partial charge in [0, 0.05) is 6.54 Å². The molecule has 0 radical (unpaired) electrons. The number of nitrogens with zero attached hydrogens (tertiary/aromatic N) is 1. The lowest BCUT2D eigenvalue weighted by Gasteiger charge is -2.33. The van der Waals surface area contributed by atoms with E-state index in [0.717, 1.165) is 13.0 Å². The maximum Gasteiger partial charge on any atom is 0.237 e. The molecule has 0 aromatic rings. The van der Waals surface area contributed by atoms with Crippen LogP contribution in [0.25, 0.3) is 0 Å². The monoisotopic (exact) mass is 210 g/mol. The zero-order chi connectivity index (χ0) is 10.9. The third-order valence-electron chi connectivity index (χ3n) is 3.93. The predicted molar refractivity (Wildman–Crippen MR) is 60.4 cm³/mol. The van der Waals surface area contributed by atoms with E-state index in [1.54, 1.807) is 0 Å². The Morgan fingerprint density at radius 3 is 2.73 bits per heavy atom. The fourth-order valence-electron chi connectivity index (χ4n) is 2.95. The van der Waals surface area contributed by atoms with Crippen LogP contribution in [0.3, 0.4) is 0 Å². The van der Waals surface area contributed by atoms with Crippen molar-refractivity contribution in [2.45, 2.75) is 52.1 Å². The molecule has 1 unspecified atom stereocenters. The van der Waals surface area contributed by atoms with Crippen molar-refractivity contribution in [2.75, 3.05) is 13.1 Å². The highest BCUT2D eigenvalue weighted by atomic mass is 16.2. The van der Waals surface area contributed by atoms with Crippen LogP contribution >= 0.6 is 0 Å². The molecule has 0 aromatic heterocycles. The molecule has 3 nitrogen and oxygen atoms in total. The second kappa shape index (κ2) is 4.12. The smallest absolute Gasteiger partial charge is 0.237 e. The van der Waals surface area contributed by atoms with E-state index in [1.807, 2.05) is 0 Å². The van der Waals surface area contributed by atoms with Crippen LogP contribution in [0.1, 0.15) is 46.0 Å². The first-order valence-corrected chi connectivity index (χ1v) is 6.17. The molecule has 15 heavy (non-hydrogen) atoms. The summed E-state index contributed by atoms with van der Waals surface area (Å²) in [6.07, 6.45) is 6.54. The Bertz CT molecular complexity index is 246. The van der Waals surface area contributed by atoms with Crippen LogP contribution in [0.5, 0.6) is 0 Å². The van der Waals surface area contributed by atoms with Crippen molar-refractivity contribution in [2.24, 2.45) is 5.41 Å². The van der Waals surface area contributed by atoms with E-state index in [2.05, 4.69) is 24.1 Å². The van der Waals surface area contributed by atoms with E-state index in [9.17, 15) is 4.79 Å². The minimum atomic E-state index is 0.287. The zero-order valence-electron chi connectivity index (χ0n) is 9.88. The number of nitrogens with one attached hydrogen (secondary N) is 1. The van der Waals surface area contributed by atoms with E-state index >= 15 is 0 Å². The lowest BCUT2D eigenvalue weighted by Crippen LogP contribution is -2.42. The highest BCUT2D eigenvalue weighted by Gasteiger charge is 2.37. The molecule has 1 N–H and O–H groups in total. The molecule has 1 saturated heterocycles. The van der Waals surface area contributed by atoms with Gasteiger partial charge in [0.25, 0.3) is 0 Å². The zero-order valence-corrected chi connectivity index (χ0v) is 9.88. The number of amides is 1. The molecule has 1 aliphatic heterocycles. The fraction of sp³-hybridized carbons (Fsp3) is 0.917. The van der Waals surface area contributed by atoms with E-state index in [4.69, 9.17) is 0 Å².